The van der Waals surface area contributed by atoms with E-state index in [1.807, 2.05) is 0 Å². The van der Waals surface area contributed by atoms with Crippen LogP contribution in [0, 0.1) is 0 Å². The zero-order chi connectivity index (χ0) is 11.8. The van der Waals surface area contributed by atoms with Crippen LogP contribution in [0.1, 0.15) is 17.5 Å². The molecule has 3 N–H and O–H groups in total. The van der Waals surface area contributed by atoms with E-state index in [1.54, 1.807) is 13.3 Å². The van der Waals surface area contributed by atoms with Gasteiger partial charge in [0.2, 0.25) is 0 Å². The maximum absolute atomic E-state index is 5.87. The highest BCUT2D eigenvalue weighted by Gasteiger charge is 2.17. The lowest BCUT2D eigenvalue weighted by atomic mass is 10.0. The van der Waals surface area contributed by atoms with Crippen molar-refractivity contribution in [2.75, 3.05) is 12.8 Å². The van der Waals surface area contributed by atoms with E-state index in [2.05, 4.69) is 22.3 Å². The number of ether oxygens (including phenoxy) is 1. The molecule has 1 aliphatic carbocycles. The minimum atomic E-state index is 0.584. The summed E-state index contributed by atoms with van der Waals surface area (Å²) >= 11 is 0. The topological polar surface area (TPSA) is 63.9 Å². The summed E-state index contributed by atoms with van der Waals surface area (Å²) < 4.78 is 5.45. The van der Waals surface area contributed by atoms with Gasteiger partial charge in [0.1, 0.15) is 11.6 Å². The van der Waals surface area contributed by atoms with Crippen molar-refractivity contribution >= 4 is 5.82 Å². The Balaban J connectivity index is 2.19. The molecule has 1 heterocycles. The number of aromatic amines is 1. The number of aromatic nitrogens is 2. The van der Waals surface area contributed by atoms with Crippen molar-refractivity contribution in [3.63, 3.8) is 0 Å². The molecule has 0 atom stereocenters. The standard InChI is InChI=1S/C13H15N3O/c1-17-12-6-9-4-2-3-8(9)5-10(12)11-7-15-16-13(11)14/h5-7H,2-4H2,1H3,(H3,14,15,16). The van der Waals surface area contributed by atoms with Crippen molar-refractivity contribution in [3.8, 4) is 16.9 Å². The van der Waals surface area contributed by atoms with Crippen LogP contribution in [0.3, 0.4) is 0 Å². The molecule has 0 spiro atoms. The maximum atomic E-state index is 5.87. The van der Waals surface area contributed by atoms with E-state index in [0.29, 0.717) is 5.82 Å². The van der Waals surface area contributed by atoms with E-state index >= 15 is 0 Å². The van der Waals surface area contributed by atoms with E-state index in [1.165, 1.54) is 17.5 Å². The second-order valence-corrected chi connectivity index (χ2v) is 4.37. The quantitative estimate of drug-likeness (QED) is 0.829. The zero-order valence-electron chi connectivity index (χ0n) is 9.79. The van der Waals surface area contributed by atoms with Gasteiger partial charge >= 0.3 is 0 Å². The first kappa shape index (κ1) is 10.2. The molecule has 1 aromatic heterocycles. The fourth-order valence-electron chi connectivity index (χ4n) is 2.49. The Morgan fingerprint density at radius 2 is 2.00 bits per heavy atom. The highest BCUT2D eigenvalue weighted by Crippen LogP contribution is 2.37. The number of benzene rings is 1. The number of nitrogen functional groups attached to an aromatic ring is 1. The second-order valence-electron chi connectivity index (χ2n) is 4.37. The van der Waals surface area contributed by atoms with Crippen molar-refractivity contribution < 1.29 is 4.74 Å². The van der Waals surface area contributed by atoms with E-state index in [-0.39, 0.29) is 0 Å². The molecule has 17 heavy (non-hydrogen) atoms. The Morgan fingerprint density at radius 1 is 1.24 bits per heavy atom. The van der Waals surface area contributed by atoms with E-state index in [0.717, 1.165) is 29.7 Å². The molecule has 4 heteroatoms. The average molecular weight is 229 g/mol. The SMILES string of the molecule is COc1cc2c(cc1-c1cn[nH]c1N)CCC2. The summed E-state index contributed by atoms with van der Waals surface area (Å²) in [7, 11) is 1.69. The summed E-state index contributed by atoms with van der Waals surface area (Å²) in [5.41, 5.74) is 10.6. The number of nitrogens with two attached hydrogens (primary N) is 1. The molecule has 0 amide bonds. The highest BCUT2D eigenvalue weighted by atomic mass is 16.5. The van der Waals surface area contributed by atoms with Crippen LogP contribution in [0.25, 0.3) is 11.1 Å². The van der Waals surface area contributed by atoms with Gasteiger partial charge in [-0.1, -0.05) is 0 Å². The number of rotatable bonds is 2. The fraction of sp³-hybridized carbons (Fsp3) is 0.308. The lowest BCUT2D eigenvalue weighted by molar-refractivity contribution is 0.416. The second kappa shape index (κ2) is 3.80. The van der Waals surface area contributed by atoms with Gasteiger partial charge in [-0.3, -0.25) is 5.10 Å². The molecule has 0 unspecified atom stereocenters. The lowest BCUT2D eigenvalue weighted by Crippen LogP contribution is -1.94. The van der Waals surface area contributed by atoms with Crippen LogP contribution in [0.4, 0.5) is 5.82 Å². The molecule has 0 aliphatic heterocycles. The van der Waals surface area contributed by atoms with Crippen LogP contribution < -0.4 is 10.5 Å². The molecule has 1 aromatic carbocycles. The molecule has 4 nitrogen and oxygen atoms in total. The summed E-state index contributed by atoms with van der Waals surface area (Å²) in [5.74, 6) is 1.46. The van der Waals surface area contributed by atoms with Crippen LogP contribution in [0.5, 0.6) is 5.75 Å². The van der Waals surface area contributed by atoms with Gasteiger partial charge < -0.3 is 10.5 Å². The van der Waals surface area contributed by atoms with Gasteiger partial charge in [0, 0.05) is 11.1 Å². The Morgan fingerprint density at radius 3 is 2.65 bits per heavy atom. The van der Waals surface area contributed by atoms with Crippen LogP contribution in [-0.4, -0.2) is 17.3 Å². The molecule has 0 saturated carbocycles. The molecule has 0 saturated heterocycles. The van der Waals surface area contributed by atoms with Gasteiger partial charge in [0.15, 0.2) is 0 Å². The Bertz CT molecular complexity index is 560. The molecule has 1 aliphatic rings. The number of anilines is 1. The van der Waals surface area contributed by atoms with Gasteiger partial charge in [0.05, 0.1) is 13.3 Å². The van der Waals surface area contributed by atoms with Crippen molar-refractivity contribution in [3.05, 3.63) is 29.5 Å². The third-order valence-electron chi connectivity index (χ3n) is 3.37. The van der Waals surface area contributed by atoms with Crippen LogP contribution in [0.2, 0.25) is 0 Å². The molecular weight excluding hydrogens is 214 g/mol. The van der Waals surface area contributed by atoms with Gasteiger partial charge in [0.25, 0.3) is 0 Å². The van der Waals surface area contributed by atoms with Gasteiger partial charge in [-0.2, -0.15) is 5.10 Å². The molecule has 88 valence electrons. The van der Waals surface area contributed by atoms with Gasteiger partial charge in [-0.25, -0.2) is 0 Å². The molecular formula is C13H15N3O. The Hall–Kier alpha value is -1.97. The third-order valence-corrected chi connectivity index (χ3v) is 3.37. The van der Waals surface area contributed by atoms with Crippen molar-refractivity contribution in [2.24, 2.45) is 0 Å². The minimum Gasteiger partial charge on any atom is -0.496 e. The van der Waals surface area contributed by atoms with Crippen LogP contribution in [0.15, 0.2) is 18.3 Å². The number of H-pyrrole nitrogens is 1. The normalized spacial score (nSPS) is 13.7. The van der Waals surface area contributed by atoms with Crippen molar-refractivity contribution in [2.45, 2.75) is 19.3 Å². The maximum Gasteiger partial charge on any atom is 0.127 e. The molecule has 3 rings (SSSR count). The predicted molar refractivity (Wildman–Crippen MR) is 67.0 cm³/mol. The number of nitrogens with one attached hydrogen (secondary N) is 1. The summed E-state index contributed by atoms with van der Waals surface area (Å²) in [6.07, 6.45) is 5.26. The zero-order valence-corrected chi connectivity index (χ0v) is 9.79. The molecule has 0 radical (unpaired) electrons. The van der Waals surface area contributed by atoms with E-state index in [4.69, 9.17) is 10.5 Å². The molecule has 2 aromatic rings. The Labute approximate surface area is 99.8 Å². The number of methoxy groups -OCH3 is 1. The predicted octanol–water partition coefficient (Wildman–Crippen LogP) is 2.16. The first-order valence-corrected chi connectivity index (χ1v) is 5.78. The van der Waals surface area contributed by atoms with Crippen LogP contribution in [-0.2, 0) is 12.8 Å². The first-order valence-electron chi connectivity index (χ1n) is 5.78. The van der Waals surface area contributed by atoms with Crippen molar-refractivity contribution in [1.29, 1.82) is 0 Å². The Kier molecular flexibility index (Phi) is 2.28. The highest BCUT2D eigenvalue weighted by molar-refractivity contribution is 5.79. The monoisotopic (exact) mass is 229 g/mol. The fourth-order valence-corrected chi connectivity index (χ4v) is 2.49. The largest absolute Gasteiger partial charge is 0.496 e. The molecule has 0 fully saturated rings. The summed E-state index contributed by atoms with van der Waals surface area (Å²) in [6.45, 7) is 0. The summed E-state index contributed by atoms with van der Waals surface area (Å²) in [5, 5.41) is 6.72. The number of hydrogen-bond donors (Lipinski definition) is 2. The van der Waals surface area contributed by atoms with E-state index in [9.17, 15) is 0 Å². The minimum absolute atomic E-state index is 0.584. The first-order chi connectivity index (χ1) is 8.29. The van der Waals surface area contributed by atoms with E-state index < -0.39 is 0 Å². The van der Waals surface area contributed by atoms with Gasteiger partial charge in [-0.15, -0.1) is 0 Å². The average Bonchev–Trinajstić information content (AvgIpc) is 2.94. The summed E-state index contributed by atoms with van der Waals surface area (Å²) in [4.78, 5) is 0. The number of hydrogen-bond acceptors (Lipinski definition) is 3. The molecule has 0 bridgehead atoms. The number of fused-ring (bicyclic) bond motifs is 1. The number of nitrogens with zero attached hydrogens (tertiary/aromatic N) is 1. The smallest absolute Gasteiger partial charge is 0.127 e. The lowest BCUT2D eigenvalue weighted by Gasteiger charge is -2.10. The third kappa shape index (κ3) is 1.56. The van der Waals surface area contributed by atoms with Gasteiger partial charge in [-0.05, 0) is 42.5 Å². The number of aryl methyl sites for hydroxylation is 2. The van der Waals surface area contributed by atoms with Crippen LogP contribution >= 0.6 is 0 Å². The van der Waals surface area contributed by atoms with Crippen molar-refractivity contribution in [1.82, 2.24) is 10.2 Å². The summed E-state index contributed by atoms with van der Waals surface area (Å²) in [6, 6.07) is 4.31.